The Hall–Kier alpha value is -1.58. The predicted octanol–water partition coefficient (Wildman–Crippen LogP) is 3.76. The van der Waals surface area contributed by atoms with Gasteiger partial charge in [0.25, 0.3) is 0 Å². The number of rotatable bonds is 3. The molecule has 2 N–H and O–H groups in total. The van der Waals surface area contributed by atoms with Crippen molar-refractivity contribution in [1.29, 1.82) is 0 Å². The summed E-state index contributed by atoms with van der Waals surface area (Å²) in [6.45, 7) is 2.19. The lowest BCUT2D eigenvalue weighted by molar-refractivity contribution is 0.243. The molecule has 0 saturated heterocycles. The number of aryl methyl sites for hydroxylation is 1. The fourth-order valence-corrected chi connectivity index (χ4v) is 5.82. The first-order valence-electron chi connectivity index (χ1n) is 8.92. The van der Waals surface area contributed by atoms with Gasteiger partial charge in [-0.2, -0.15) is 0 Å². The van der Waals surface area contributed by atoms with Gasteiger partial charge in [0.1, 0.15) is 17.8 Å². The molecule has 2 heterocycles. The zero-order valence-electron chi connectivity index (χ0n) is 13.2. The van der Waals surface area contributed by atoms with Crippen molar-refractivity contribution >= 4 is 16.9 Å². The molecule has 3 aliphatic rings. The maximum atomic E-state index is 4.58. The molecular formula is C18H24N4. The Labute approximate surface area is 131 Å². The molecule has 0 amide bonds. The van der Waals surface area contributed by atoms with E-state index in [1.54, 1.807) is 6.33 Å². The summed E-state index contributed by atoms with van der Waals surface area (Å²) in [6.07, 6.45) is 12.0. The van der Waals surface area contributed by atoms with Crippen LogP contribution < -0.4 is 5.32 Å². The molecule has 4 heteroatoms. The molecule has 0 aliphatic heterocycles. The number of hydrogen-bond acceptors (Lipinski definition) is 3. The van der Waals surface area contributed by atoms with Crippen LogP contribution in [0.3, 0.4) is 0 Å². The van der Waals surface area contributed by atoms with E-state index >= 15 is 0 Å². The van der Waals surface area contributed by atoms with Gasteiger partial charge in [0.2, 0.25) is 0 Å². The third-order valence-corrected chi connectivity index (χ3v) is 6.68. The maximum absolute atomic E-state index is 4.58. The number of hydrogen-bond donors (Lipinski definition) is 2. The molecular weight excluding hydrogens is 272 g/mol. The average Bonchev–Trinajstić information content (AvgIpc) is 3.28. The van der Waals surface area contributed by atoms with Crippen LogP contribution in [0.15, 0.2) is 12.5 Å². The van der Waals surface area contributed by atoms with Crippen LogP contribution in [0.2, 0.25) is 0 Å². The average molecular weight is 296 g/mol. The number of anilines is 1. The molecule has 5 unspecified atom stereocenters. The quantitative estimate of drug-likeness (QED) is 0.907. The van der Waals surface area contributed by atoms with Gasteiger partial charge in [0.05, 0.1) is 5.39 Å². The third-order valence-electron chi connectivity index (χ3n) is 6.68. The van der Waals surface area contributed by atoms with E-state index < -0.39 is 0 Å². The van der Waals surface area contributed by atoms with Crippen molar-refractivity contribution in [2.24, 2.45) is 23.7 Å². The first-order chi connectivity index (χ1) is 10.8. The second-order valence-corrected chi connectivity index (χ2v) is 7.52. The van der Waals surface area contributed by atoms with Crippen LogP contribution in [0.5, 0.6) is 0 Å². The number of nitrogens with one attached hydrogen (secondary N) is 2. The lowest BCUT2D eigenvalue weighted by Crippen LogP contribution is -2.34. The minimum absolute atomic E-state index is 0.627. The zero-order valence-corrected chi connectivity index (χ0v) is 13.2. The van der Waals surface area contributed by atoms with E-state index in [1.165, 1.54) is 43.1 Å². The van der Waals surface area contributed by atoms with Gasteiger partial charge in [-0.3, -0.25) is 0 Å². The zero-order chi connectivity index (χ0) is 14.7. The minimum Gasteiger partial charge on any atom is -0.366 e. The first-order valence-corrected chi connectivity index (χ1v) is 8.92. The molecule has 0 aromatic carbocycles. The third kappa shape index (κ3) is 1.70. The van der Waals surface area contributed by atoms with Crippen LogP contribution in [-0.2, 0) is 6.42 Å². The molecule has 2 aromatic heterocycles. The molecule has 0 radical (unpaired) electrons. The molecule has 2 aromatic rings. The van der Waals surface area contributed by atoms with E-state index in [2.05, 4.69) is 33.4 Å². The fourth-order valence-electron chi connectivity index (χ4n) is 5.82. The van der Waals surface area contributed by atoms with Gasteiger partial charge in [0, 0.05) is 12.2 Å². The summed E-state index contributed by atoms with van der Waals surface area (Å²) in [5, 5.41) is 5.02. The largest absolute Gasteiger partial charge is 0.366 e. The van der Waals surface area contributed by atoms with E-state index in [9.17, 15) is 0 Å². The molecule has 4 nitrogen and oxygen atoms in total. The first kappa shape index (κ1) is 12.9. The maximum Gasteiger partial charge on any atom is 0.143 e. The highest BCUT2D eigenvalue weighted by molar-refractivity contribution is 5.90. The second kappa shape index (κ2) is 4.71. The number of aromatic nitrogens is 3. The van der Waals surface area contributed by atoms with Gasteiger partial charge in [-0.15, -0.1) is 0 Å². The molecule has 3 aliphatic carbocycles. The lowest BCUT2D eigenvalue weighted by atomic mass is 9.79. The topological polar surface area (TPSA) is 53.6 Å². The van der Waals surface area contributed by atoms with Gasteiger partial charge in [-0.1, -0.05) is 13.3 Å². The van der Waals surface area contributed by atoms with Gasteiger partial charge in [-0.05, 0) is 61.3 Å². The number of H-pyrrole nitrogens is 1. The van der Waals surface area contributed by atoms with Crippen molar-refractivity contribution in [1.82, 2.24) is 15.0 Å². The Bertz CT molecular complexity index is 706. The Balaban J connectivity index is 1.46. The second-order valence-electron chi connectivity index (χ2n) is 7.52. The highest BCUT2D eigenvalue weighted by Crippen LogP contribution is 2.59. The molecule has 0 spiro atoms. The van der Waals surface area contributed by atoms with Crippen molar-refractivity contribution < 1.29 is 0 Å². The molecule has 2 bridgehead atoms. The summed E-state index contributed by atoms with van der Waals surface area (Å²) in [5.41, 5.74) is 2.29. The fraction of sp³-hybridized carbons (Fsp3) is 0.667. The smallest absolute Gasteiger partial charge is 0.143 e. The number of fused-ring (bicyclic) bond motifs is 6. The Kier molecular flexibility index (Phi) is 2.76. The number of aromatic amines is 1. The summed E-state index contributed by atoms with van der Waals surface area (Å²) in [5.74, 6) is 4.95. The van der Waals surface area contributed by atoms with Crippen LogP contribution >= 0.6 is 0 Å². The lowest BCUT2D eigenvalue weighted by Gasteiger charge is -2.32. The van der Waals surface area contributed by atoms with Crippen molar-refractivity contribution in [3.8, 4) is 0 Å². The highest BCUT2D eigenvalue weighted by Gasteiger charge is 2.53. The predicted molar refractivity (Wildman–Crippen MR) is 87.7 cm³/mol. The minimum atomic E-state index is 0.627. The molecule has 3 saturated carbocycles. The summed E-state index contributed by atoms with van der Waals surface area (Å²) in [7, 11) is 0. The van der Waals surface area contributed by atoms with E-state index in [0.717, 1.165) is 41.6 Å². The summed E-state index contributed by atoms with van der Waals surface area (Å²) in [4.78, 5) is 12.2. The molecule has 22 heavy (non-hydrogen) atoms. The summed E-state index contributed by atoms with van der Waals surface area (Å²) >= 11 is 0. The van der Waals surface area contributed by atoms with Crippen molar-refractivity contribution in [2.75, 3.05) is 5.32 Å². The Morgan fingerprint density at radius 3 is 3.00 bits per heavy atom. The van der Waals surface area contributed by atoms with E-state index in [1.807, 2.05) is 0 Å². The molecule has 3 fully saturated rings. The van der Waals surface area contributed by atoms with Crippen molar-refractivity contribution in [3.05, 3.63) is 18.1 Å². The number of nitrogens with zero attached hydrogens (tertiary/aromatic N) is 2. The monoisotopic (exact) mass is 296 g/mol. The molecule has 116 valence electrons. The summed E-state index contributed by atoms with van der Waals surface area (Å²) in [6, 6.07) is 0.627. The Morgan fingerprint density at radius 1 is 1.18 bits per heavy atom. The van der Waals surface area contributed by atoms with Crippen molar-refractivity contribution in [2.45, 2.75) is 51.5 Å². The van der Waals surface area contributed by atoms with Crippen LogP contribution in [0, 0.1) is 23.7 Å². The normalized spacial score (nSPS) is 36.1. The van der Waals surface area contributed by atoms with Gasteiger partial charge in [0.15, 0.2) is 0 Å². The molecule has 5 atom stereocenters. The Morgan fingerprint density at radius 2 is 2.09 bits per heavy atom. The van der Waals surface area contributed by atoms with Gasteiger partial charge in [-0.25, -0.2) is 9.97 Å². The van der Waals surface area contributed by atoms with Gasteiger partial charge >= 0.3 is 0 Å². The van der Waals surface area contributed by atoms with E-state index in [4.69, 9.17) is 0 Å². The van der Waals surface area contributed by atoms with Crippen LogP contribution in [0.25, 0.3) is 11.0 Å². The summed E-state index contributed by atoms with van der Waals surface area (Å²) < 4.78 is 0. The SMILES string of the molecule is CCc1c[nH]c2ncnc(NC3CC4CC3C3CCCC43)c12. The molecule has 5 rings (SSSR count). The van der Waals surface area contributed by atoms with Gasteiger partial charge < -0.3 is 10.3 Å². The van der Waals surface area contributed by atoms with Crippen LogP contribution in [-0.4, -0.2) is 21.0 Å². The van der Waals surface area contributed by atoms with Crippen LogP contribution in [0.4, 0.5) is 5.82 Å². The van der Waals surface area contributed by atoms with Crippen molar-refractivity contribution in [3.63, 3.8) is 0 Å². The highest BCUT2D eigenvalue weighted by atomic mass is 15.1. The standard InChI is InChI=1S/C18H24N4/c1-2-10-8-19-17-16(10)18(21-9-20-17)22-15-7-11-6-14(15)13-5-3-4-12(11)13/h8-9,11-15H,2-7H2,1H3,(H2,19,20,21,22). The van der Waals surface area contributed by atoms with E-state index in [-0.39, 0.29) is 0 Å². The van der Waals surface area contributed by atoms with E-state index in [0.29, 0.717) is 6.04 Å². The van der Waals surface area contributed by atoms with Crippen LogP contribution in [0.1, 0.15) is 44.6 Å².